The van der Waals surface area contributed by atoms with Crippen molar-refractivity contribution in [3.05, 3.63) is 104 Å². The van der Waals surface area contributed by atoms with Crippen LogP contribution in [0.15, 0.2) is 81.1 Å². The number of nitriles is 1. The Morgan fingerprint density at radius 2 is 2.00 bits per heavy atom. The number of hydrogen-bond acceptors (Lipinski definition) is 5. The molecule has 0 spiro atoms. The van der Waals surface area contributed by atoms with Gasteiger partial charge in [0.2, 0.25) is 0 Å². The van der Waals surface area contributed by atoms with Gasteiger partial charge in [0.25, 0.3) is 5.56 Å². The lowest BCUT2D eigenvalue weighted by molar-refractivity contribution is 0.306. The maximum absolute atomic E-state index is 13.2. The van der Waals surface area contributed by atoms with Crippen LogP contribution >= 0.6 is 15.9 Å². The Morgan fingerprint density at radius 3 is 2.82 bits per heavy atom. The van der Waals surface area contributed by atoms with Crippen LogP contribution in [0, 0.1) is 11.3 Å². The fourth-order valence-corrected chi connectivity index (χ4v) is 3.90. The lowest BCUT2D eigenvalue weighted by Crippen LogP contribution is -2.22. The van der Waals surface area contributed by atoms with Gasteiger partial charge in [0.15, 0.2) is 0 Å². The van der Waals surface area contributed by atoms with Gasteiger partial charge in [-0.1, -0.05) is 59.6 Å². The molecule has 4 rings (SSSR count). The summed E-state index contributed by atoms with van der Waals surface area (Å²) in [6.07, 6.45) is 4.21. The van der Waals surface area contributed by atoms with Gasteiger partial charge in [-0.2, -0.15) is 15.0 Å². The SMILES string of the molecule is CCCCc1nc2ccc(Br)cc2c(=O)n1N=Cc1cccc(OCc2ccccc2C#N)c1. The summed E-state index contributed by atoms with van der Waals surface area (Å²) in [6, 6.07) is 22.5. The Labute approximate surface area is 206 Å². The summed E-state index contributed by atoms with van der Waals surface area (Å²) in [5, 5.41) is 14.3. The van der Waals surface area contributed by atoms with Crippen molar-refractivity contribution in [3.63, 3.8) is 0 Å². The first-order valence-corrected chi connectivity index (χ1v) is 11.8. The van der Waals surface area contributed by atoms with Gasteiger partial charge < -0.3 is 4.74 Å². The molecule has 34 heavy (non-hydrogen) atoms. The van der Waals surface area contributed by atoms with E-state index < -0.39 is 0 Å². The molecule has 0 atom stereocenters. The van der Waals surface area contributed by atoms with Crippen LogP contribution in [-0.2, 0) is 13.0 Å². The van der Waals surface area contributed by atoms with E-state index in [1.165, 1.54) is 4.68 Å². The molecule has 0 fully saturated rings. The number of hydrogen-bond donors (Lipinski definition) is 0. The van der Waals surface area contributed by atoms with E-state index in [4.69, 9.17) is 9.72 Å². The van der Waals surface area contributed by atoms with Crippen LogP contribution in [0.25, 0.3) is 10.9 Å². The van der Waals surface area contributed by atoms with Crippen LogP contribution < -0.4 is 10.3 Å². The summed E-state index contributed by atoms with van der Waals surface area (Å²) in [5.74, 6) is 1.29. The zero-order chi connectivity index (χ0) is 23.9. The molecule has 0 N–H and O–H groups in total. The molecular formula is C27H23BrN4O2. The Kier molecular flexibility index (Phi) is 7.51. The van der Waals surface area contributed by atoms with Gasteiger partial charge in [-0.05, 0) is 48.4 Å². The Balaban J connectivity index is 1.62. The van der Waals surface area contributed by atoms with Crippen molar-refractivity contribution < 1.29 is 4.74 Å². The van der Waals surface area contributed by atoms with Crippen molar-refractivity contribution in [1.29, 1.82) is 5.26 Å². The summed E-state index contributed by atoms with van der Waals surface area (Å²) in [7, 11) is 0. The van der Waals surface area contributed by atoms with Crippen molar-refractivity contribution in [2.75, 3.05) is 0 Å². The Hall–Kier alpha value is -3.76. The van der Waals surface area contributed by atoms with Crippen molar-refractivity contribution in [3.8, 4) is 11.8 Å². The quantitative estimate of drug-likeness (QED) is 0.277. The highest BCUT2D eigenvalue weighted by Gasteiger charge is 2.11. The van der Waals surface area contributed by atoms with E-state index in [0.717, 1.165) is 28.4 Å². The van der Waals surface area contributed by atoms with Crippen LogP contribution in [-0.4, -0.2) is 15.9 Å². The third-order valence-electron chi connectivity index (χ3n) is 5.34. The maximum Gasteiger partial charge on any atom is 0.282 e. The lowest BCUT2D eigenvalue weighted by Gasteiger charge is -2.10. The van der Waals surface area contributed by atoms with Crippen molar-refractivity contribution >= 4 is 33.0 Å². The third-order valence-corrected chi connectivity index (χ3v) is 5.84. The second kappa shape index (κ2) is 10.9. The van der Waals surface area contributed by atoms with Crippen LogP contribution in [0.4, 0.5) is 0 Å². The van der Waals surface area contributed by atoms with E-state index in [0.29, 0.717) is 34.5 Å². The molecule has 0 unspecified atom stereocenters. The minimum Gasteiger partial charge on any atom is -0.489 e. The topological polar surface area (TPSA) is 80.3 Å². The standard InChI is InChI=1S/C27H23BrN4O2/c1-2-3-11-26-31-25-13-12-22(28)15-24(25)27(33)32(26)30-17-19-7-6-10-23(14-19)34-18-21-9-5-4-8-20(21)16-29/h4-10,12-15,17H,2-3,11,18H2,1H3. The van der Waals surface area contributed by atoms with Crippen molar-refractivity contribution in [2.45, 2.75) is 32.8 Å². The zero-order valence-corrected chi connectivity index (χ0v) is 20.3. The van der Waals surface area contributed by atoms with Gasteiger partial charge in [0.1, 0.15) is 18.2 Å². The van der Waals surface area contributed by atoms with Crippen LogP contribution in [0.1, 0.15) is 42.3 Å². The predicted octanol–water partition coefficient (Wildman–Crippen LogP) is 5.83. The minimum absolute atomic E-state index is 0.200. The second-order valence-electron chi connectivity index (χ2n) is 7.78. The number of ether oxygens (including phenoxy) is 1. The van der Waals surface area contributed by atoms with Gasteiger partial charge in [-0.3, -0.25) is 4.79 Å². The number of fused-ring (bicyclic) bond motifs is 1. The molecule has 0 aliphatic heterocycles. The normalized spacial score (nSPS) is 11.1. The molecule has 0 radical (unpaired) electrons. The van der Waals surface area contributed by atoms with Crippen LogP contribution in [0.5, 0.6) is 5.75 Å². The molecule has 0 aliphatic rings. The number of rotatable bonds is 8. The zero-order valence-electron chi connectivity index (χ0n) is 18.7. The molecule has 4 aromatic rings. The Morgan fingerprint density at radius 1 is 1.15 bits per heavy atom. The van der Waals surface area contributed by atoms with Crippen LogP contribution in [0.2, 0.25) is 0 Å². The molecule has 0 aliphatic carbocycles. The van der Waals surface area contributed by atoms with E-state index in [-0.39, 0.29) is 12.2 Å². The number of halogens is 1. The fraction of sp³-hybridized carbons (Fsp3) is 0.185. The van der Waals surface area contributed by atoms with E-state index >= 15 is 0 Å². The highest BCUT2D eigenvalue weighted by Crippen LogP contribution is 2.18. The van der Waals surface area contributed by atoms with Gasteiger partial charge in [-0.15, -0.1) is 0 Å². The summed E-state index contributed by atoms with van der Waals surface area (Å²) in [4.78, 5) is 17.9. The fourth-order valence-electron chi connectivity index (χ4n) is 3.54. The summed E-state index contributed by atoms with van der Waals surface area (Å²) >= 11 is 3.43. The summed E-state index contributed by atoms with van der Waals surface area (Å²) in [5.41, 5.74) is 2.67. The van der Waals surface area contributed by atoms with Gasteiger partial charge in [0, 0.05) is 16.5 Å². The first kappa shape index (κ1) is 23.4. The second-order valence-corrected chi connectivity index (χ2v) is 8.70. The first-order chi connectivity index (χ1) is 16.6. The average molecular weight is 515 g/mol. The Bertz CT molecular complexity index is 1450. The van der Waals surface area contributed by atoms with E-state index in [9.17, 15) is 10.1 Å². The molecule has 0 bridgehead atoms. The van der Waals surface area contributed by atoms with Crippen molar-refractivity contribution in [1.82, 2.24) is 9.66 Å². The number of aryl methyl sites for hydroxylation is 1. The highest BCUT2D eigenvalue weighted by atomic mass is 79.9. The van der Waals surface area contributed by atoms with Crippen LogP contribution in [0.3, 0.4) is 0 Å². The van der Waals surface area contributed by atoms with E-state index in [1.54, 1.807) is 18.3 Å². The van der Waals surface area contributed by atoms with Crippen molar-refractivity contribution in [2.24, 2.45) is 5.10 Å². The third kappa shape index (κ3) is 5.41. The summed E-state index contributed by atoms with van der Waals surface area (Å²) < 4.78 is 8.11. The molecule has 170 valence electrons. The van der Waals surface area contributed by atoms with Gasteiger partial charge >= 0.3 is 0 Å². The first-order valence-electron chi connectivity index (χ1n) is 11.1. The minimum atomic E-state index is -0.200. The average Bonchev–Trinajstić information content (AvgIpc) is 2.86. The predicted molar refractivity (Wildman–Crippen MR) is 137 cm³/mol. The van der Waals surface area contributed by atoms with Gasteiger partial charge in [-0.25, -0.2) is 4.98 Å². The molecule has 1 aromatic heterocycles. The number of benzene rings is 3. The lowest BCUT2D eigenvalue weighted by atomic mass is 10.1. The molecular weight excluding hydrogens is 492 g/mol. The molecule has 0 amide bonds. The molecule has 3 aromatic carbocycles. The maximum atomic E-state index is 13.2. The largest absolute Gasteiger partial charge is 0.489 e. The molecule has 0 saturated carbocycles. The summed E-state index contributed by atoms with van der Waals surface area (Å²) in [6.45, 7) is 2.39. The number of aromatic nitrogens is 2. The van der Waals surface area contributed by atoms with E-state index in [1.807, 2.05) is 54.6 Å². The highest BCUT2D eigenvalue weighted by molar-refractivity contribution is 9.10. The molecule has 0 saturated heterocycles. The molecule has 6 nitrogen and oxygen atoms in total. The molecule has 7 heteroatoms. The monoisotopic (exact) mass is 514 g/mol. The number of unbranched alkanes of at least 4 members (excludes halogenated alkanes) is 1. The van der Waals surface area contributed by atoms with Gasteiger partial charge in [0.05, 0.1) is 28.8 Å². The molecule has 1 heterocycles. The smallest absolute Gasteiger partial charge is 0.282 e. The number of nitrogens with zero attached hydrogens (tertiary/aromatic N) is 4. The van der Waals surface area contributed by atoms with E-state index in [2.05, 4.69) is 34.0 Å².